The summed E-state index contributed by atoms with van der Waals surface area (Å²) in [5, 5.41) is 10.9. The summed E-state index contributed by atoms with van der Waals surface area (Å²) >= 11 is 5.86. The van der Waals surface area contributed by atoms with Crippen molar-refractivity contribution < 1.29 is 31.9 Å². The molecule has 0 saturated carbocycles. The number of ether oxygens (including phenoxy) is 1. The average Bonchev–Trinajstić information content (AvgIpc) is 2.62. The van der Waals surface area contributed by atoms with Crippen LogP contribution in [0.2, 0.25) is 5.02 Å². The Bertz CT molecular complexity index is 935. The van der Waals surface area contributed by atoms with E-state index < -0.39 is 29.7 Å². The molecule has 2 aromatic carbocycles. The molecule has 1 unspecified atom stereocenters. The van der Waals surface area contributed by atoms with Crippen LogP contribution < -0.4 is 10.0 Å². The van der Waals surface area contributed by atoms with Gasteiger partial charge >= 0.3 is 6.18 Å². The first-order chi connectivity index (χ1) is 13.0. The van der Waals surface area contributed by atoms with Gasteiger partial charge in [-0.15, -0.1) is 0 Å². The molecule has 2 rings (SSSR count). The summed E-state index contributed by atoms with van der Waals surface area (Å²) in [7, 11) is -2.33. The number of nitro groups is 1. The summed E-state index contributed by atoms with van der Waals surface area (Å²) in [6.45, 7) is 1.75. The molecular weight excluding hydrogens is 422 g/mol. The number of benzene rings is 2. The van der Waals surface area contributed by atoms with Gasteiger partial charge in [0.2, 0.25) is 7.37 Å². The van der Waals surface area contributed by atoms with E-state index >= 15 is 0 Å². The highest BCUT2D eigenvalue weighted by Crippen LogP contribution is 2.49. The molecular formula is C17H16ClF3NO5P. The van der Waals surface area contributed by atoms with Crippen LogP contribution in [0.15, 0.2) is 36.4 Å². The van der Waals surface area contributed by atoms with Crippen LogP contribution in [0, 0.1) is 10.1 Å². The van der Waals surface area contributed by atoms with Crippen LogP contribution >= 0.6 is 19.0 Å². The van der Waals surface area contributed by atoms with Crippen molar-refractivity contribution in [1.29, 1.82) is 0 Å². The molecule has 0 amide bonds. The number of nitro benzene ring substituents is 1. The van der Waals surface area contributed by atoms with Crippen molar-refractivity contribution in [3.8, 4) is 11.5 Å². The lowest BCUT2D eigenvalue weighted by atomic mass is 10.2. The van der Waals surface area contributed by atoms with Crippen LogP contribution in [-0.4, -0.2) is 18.2 Å². The summed E-state index contributed by atoms with van der Waals surface area (Å²) in [5.41, 5.74) is -1.34. The normalized spacial score (nSPS) is 13.8. The molecule has 0 fully saturated rings. The first kappa shape index (κ1) is 22.2. The summed E-state index contributed by atoms with van der Waals surface area (Å²) in [5.74, 6) is -0.0622. The minimum absolute atomic E-state index is 0.0237. The SMILES string of the molecule is CCCP(=O)(OC)c1cc(Oc2ccc(C(F)(F)F)cc2Cl)ccc1[N+](=O)[O-]. The average molecular weight is 438 g/mol. The summed E-state index contributed by atoms with van der Waals surface area (Å²) in [4.78, 5) is 10.6. The van der Waals surface area contributed by atoms with E-state index in [1.807, 2.05) is 0 Å². The summed E-state index contributed by atoms with van der Waals surface area (Å²) in [6.07, 6.45) is -4.03. The maximum Gasteiger partial charge on any atom is 0.416 e. The van der Waals surface area contributed by atoms with E-state index in [4.69, 9.17) is 20.9 Å². The smallest absolute Gasteiger partial charge is 0.416 e. The molecule has 28 heavy (non-hydrogen) atoms. The Morgan fingerprint density at radius 2 is 1.89 bits per heavy atom. The van der Waals surface area contributed by atoms with Crippen molar-refractivity contribution in [3.63, 3.8) is 0 Å². The minimum atomic E-state index is -4.56. The summed E-state index contributed by atoms with van der Waals surface area (Å²) < 4.78 is 61.8. The van der Waals surface area contributed by atoms with Crippen molar-refractivity contribution in [1.82, 2.24) is 0 Å². The fourth-order valence-corrected chi connectivity index (χ4v) is 4.74. The monoisotopic (exact) mass is 437 g/mol. The van der Waals surface area contributed by atoms with Gasteiger partial charge in [0, 0.05) is 25.4 Å². The molecule has 0 heterocycles. The number of halogens is 4. The van der Waals surface area contributed by atoms with E-state index in [-0.39, 0.29) is 28.0 Å². The highest BCUT2D eigenvalue weighted by atomic mass is 35.5. The second kappa shape index (κ2) is 8.51. The fourth-order valence-electron chi connectivity index (χ4n) is 2.49. The lowest BCUT2D eigenvalue weighted by Crippen LogP contribution is -2.14. The van der Waals surface area contributed by atoms with Gasteiger partial charge in [-0.3, -0.25) is 14.7 Å². The summed E-state index contributed by atoms with van der Waals surface area (Å²) in [6, 6.07) is 6.07. The van der Waals surface area contributed by atoms with Crippen LogP contribution in [0.3, 0.4) is 0 Å². The Labute approximate surface area is 163 Å². The molecule has 152 valence electrons. The molecule has 0 radical (unpaired) electrons. The van der Waals surface area contributed by atoms with Crippen LogP contribution in [0.25, 0.3) is 0 Å². The largest absolute Gasteiger partial charge is 0.456 e. The molecule has 0 bridgehead atoms. The van der Waals surface area contributed by atoms with Crippen molar-refractivity contribution >= 4 is 30.0 Å². The molecule has 1 atom stereocenters. The zero-order valence-electron chi connectivity index (χ0n) is 14.8. The predicted octanol–water partition coefficient (Wildman–Crippen LogP) is 6.02. The van der Waals surface area contributed by atoms with Crippen LogP contribution in [0.5, 0.6) is 11.5 Å². The van der Waals surface area contributed by atoms with Crippen LogP contribution in [-0.2, 0) is 15.3 Å². The molecule has 0 N–H and O–H groups in total. The standard InChI is InChI=1S/C17H16ClF3NO5P/c1-3-8-28(25,26-2)16-10-12(5-6-14(16)22(23)24)27-15-7-4-11(9-13(15)18)17(19,20)21/h4-7,9-10H,3,8H2,1-2H3. The van der Waals surface area contributed by atoms with E-state index in [9.17, 15) is 27.9 Å². The zero-order chi connectivity index (χ0) is 21.1. The Morgan fingerprint density at radius 1 is 1.21 bits per heavy atom. The topological polar surface area (TPSA) is 78.7 Å². The number of nitrogens with zero attached hydrogens (tertiary/aromatic N) is 1. The molecule has 0 aliphatic rings. The first-order valence-corrected chi connectivity index (χ1v) is 10.2. The van der Waals surface area contributed by atoms with Crippen molar-refractivity contribution in [2.75, 3.05) is 13.3 Å². The molecule has 0 saturated heterocycles. The van der Waals surface area contributed by atoms with Gasteiger partial charge in [-0.2, -0.15) is 13.2 Å². The molecule has 2 aromatic rings. The van der Waals surface area contributed by atoms with E-state index in [1.165, 1.54) is 19.2 Å². The lowest BCUT2D eigenvalue weighted by Gasteiger charge is -2.17. The second-order valence-electron chi connectivity index (χ2n) is 5.73. The predicted molar refractivity (Wildman–Crippen MR) is 99.0 cm³/mol. The van der Waals surface area contributed by atoms with Gasteiger partial charge in [0.1, 0.15) is 16.8 Å². The van der Waals surface area contributed by atoms with E-state index in [2.05, 4.69) is 0 Å². The van der Waals surface area contributed by atoms with Gasteiger partial charge in [0.15, 0.2) is 0 Å². The Kier molecular flexibility index (Phi) is 6.75. The minimum Gasteiger partial charge on any atom is -0.456 e. The maximum absolute atomic E-state index is 13.0. The third kappa shape index (κ3) is 4.84. The molecule has 6 nitrogen and oxygen atoms in total. The van der Waals surface area contributed by atoms with Crippen molar-refractivity contribution in [2.24, 2.45) is 0 Å². The lowest BCUT2D eigenvalue weighted by molar-refractivity contribution is -0.383. The van der Waals surface area contributed by atoms with Gasteiger partial charge in [-0.1, -0.05) is 18.5 Å². The van der Waals surface area contributed by atoms with Gasteiger partial charge in [-0.05, 0) is 30.7 Å². The second-order valence-corrected chi connectivity index (χ2v) is 8.78. The Balaban J connectivity index is 2.47. The highest BCUT2D eigenvalue weighted by molar-refractivity contribution is 7.67. The highest BCUT2D eigenvalue weighted by Gasteiger charge is 2.33. The zero-order valence-corrected chi connectivity index (χ0v) is 16.5. The van der Waals surface area contributed by atoms with E-state index in [0.717, 1.165) is 18.2 Å². The third-order valence-corrected chi connectivity index (χ3v) is 6.82. The molecule has 11 heteroatoms. The van der Waals surface area contributed by atoms with Crippen molar-refractivity contribution in [3.05, 3.63) is 57.1 Å². The number of rotatable bonds is 7. The van der Waals surface area contributed by atoms with Crippen LogP contribution in [0.4, 0.5) is 18.9 Å². The van der Waals surface area contributed by atoms with Gasteiger partial charge in [0.05, 0.1) is 15.5 Å². The van der Waals surface area contributed by atoms with E-state index in [1.54, 1.807) is 6.92 Å². The first-order valence-electron chi connectivity index (χ1n) is 8.00. The maximum atomic E-state index is 13.0. The third-order valence-electron chi connectivity index (χ3n) is 3.81. The van der Waals surface area contributed by atoms with Crippen LogP contribution in [0.1, 0.15) is 18.9 Å². The molecule has 0 aliphatic carbocycles. The van der Waals surface area contributed by atoms with Gasteiger partial charge < -0.3 is 9.26 Å². The Hall–Kier alpha value is -2.09. The van der Waals surface area contributed by atoms with Gasteiger partial charge in [-0.25, -0.2) is 0 Å². The van der Waals surface area contributed by atoms with Gasteiger partial charge in [0.25, 0.3) is 5.69 Å². The molecule has 0 spiro atoms. The molecule has 0 aromatic heterocycles. The number of hydrogen-bond acceptors (Lipinski definition) is 5. The number of alkyl halides is 3. The Morgan fingerprint density at radius 3 is 2.39 bits per heavy atom. The van der Waals surface area contributed by atoms with Crippen molar-refractivity contribution in [2.45, 2.75) is 19.5 Å². The number of hydrogen-bond donors (Lipinski definition) is 0. The molecule has 0 aliphatic heterocycles. The quantitative estimate of drug-likeness (QED) is 0.301. The van der Waals surface area contributed by atoms with E-state index in [0.29, 0.717) is 12.5 Å². The fraction of sp³-hybridized carbons (Fsp3) is 0.294.